The Hall–Kier alpha value is -1.29. The van der Waals surface area contributed by atoms with Crippen LogP contribution in [0, 0.1) is 5.41 Å². The van der Waals surface area contributed by atoms with Gasteiger partial charge in [0.25, 0.3) is 0 Å². The average molecular weight is 251 g/mol. The van der Waals surface area contributed by atoms with Gasteiger partial charge in [-0.05, 0) is 30.9 Å². The molecule has 102 valence electrons. The van der Waals surface area contributed by atoms with Crippen molar-refractivity contribution >= 4 is 11.6 Å². The van der Waals surface area contributed by atoms with E-state index in [0.29, 0.717) is 6.54 Å². The lowest BCUT2D eigenvalue weighted by molar-refractivity contribution is 0.132. The molecule has 4 heteroatoms. The third kappa shape index (κ3) is 5.87. The van der Waals surface area contributed by atoms with E-state index >= 15 is 0 Å². The van der Waals surface area contributed by atoms with Crippen molar-refractivity contribution in [2.24, 2.45) is 5.41 Å². The number of pyridine rings is 1. The number of aliphatic hydroxyl groups is 1. The molecule has 4 nitrogen and oxygen atoms in total. The Labute approximate surface area is 110 Å². The van der Waals surface area contributed by atoms with E-state index in [1.54, 1.807) is 0 Å². The molecular weight excluding hydrogens is 226 g/mol. The largest absolute Gasteiger partial charge is 0.391 e. The molecule has 0 fully saturated rings. The van der Waals surface area contributed by atoms with Gasteiger partial charge < -0.3 is 15.7 Å². The first-order chi connectivity index (χ1) is 8.40. The lowest BCUT2D eigenvalue weighted by Crippen LogP contribution is -2.25. The van der Waals surface area contributed by atoms with Crippen LogP contribution in [0.4, 0.5) is 11.6 Å². The van der Waals surface area contributed by atoms with Gasteiger partial charge in [-0.25, -0.2) is 4.98 Å². The fraction of sp³-hybridized carbons (Fsp3) is 0.643. The zero-order valence-corrected chi connectivity index (χ0v) is 11.8. The molecule has 18 heavy (non-hydrogen) atoms. The average Bonchev–Trinajstić information content (AvgIpc) is 2.25. The molecule has 0 aliphatic rings. The van der Waals surface area contributed by atoms with Gasteiger partial charge in [0, 0.05) is 13.1 Å². The standard InChI is InChI=1S/C14H25N3O/c1-5-15-12-7-6-8-13(17-12)16-10-11(18)9-14(2,3)4/h6-8,11,18H,5,9-10H2,1-4H3,(H2,15,16,17). The minimum Gasteiger partial charge on any atom is -0.391 e. The van der Waals surface area contributed by atoms with Crippen molar-refractivity contribution in [3.8, 4) is 0 Å². The van der Waals surface area contributed by atoms with Gasteiger partial charge >= 0.3 is 0 Å². The van der Waals surface area contributed by atoms with Crippen LogP contribution in [0.25, 0.3) is 0 Å². The van der Waals surface area contributed by atoms with E-state index in [1.165, 1.54) is 0 Å². The molecule has 0 aromatic carbocycles. The number of anilines is 2. The molecule has 3 N–H and O–H groups in total. The van der Waals surface area contributed by atoms with Crippen LogP contribution in [0.1, 0.15) is 34.1 Å². The van der Waals surface area contributed by atoms with Crippen LogP contribution >= 0.6 is 0 Å². The van der Waals surface area contributed by atoms with E-state index in [4.69, 9.17) is 0 Å². The summed E-state index contributed by atoms with van der Waals surface area (Å²) < 4.78 is 0. The SMILES string of the molecule is CCNc1cccc(NCC(O)CC(C)(C)C)n1. The van der Waals surface area contributed by atoms with Crippen LogP contribution < -0.4 is 10.6 Å². The Kier molecular flexibility index (Phi) is 5.41. The Balaban J connectivity index is 2.45. The molecule has 0 saturated carbocycles. The van der Waals surface area contributed by atoms with Gasteiger partial charge in [0.1, 0.15) is 11.6 Å². The van der Waals surface area contributed by atoms with E-state index < -0.39 is 0 Å². The topological polar surface area (TPSA) is 57.2 Å². The van der Waals surface area contributed by atoms with Gasteiger partial charge in [-0.2, -0.15) is 0 Å². The number of aliphatic hydroxyl groups excluding tert-OH is 1. The fourth-order valence-corrected chi connectivity index (χ4v) is 1.81. The maximum absolute atomic E-state index is 9.91. The monoisotopic (exact) mass is 251 g/mol. The Morgan fingerprint density at radius 3 is 2.39 bits per heavy atom. The minimum atomic E-state index is -0.352. The van der Waals surface area contributed by atoms with Crippen molar-refractivity contribution in [1.82, 2.24) is 4.98 Å². The van der Waals surface area contributed by atoms with Crippen molar-refractivity contribution in [3.05, 3.63) is 18.2 Å². The second-order valence-corrected chi connectivity index (χ2v) is 5.74. The molecule has 1 aromatic heterocycles. The smallest absolute Gasteiger partial charge is 0.128 e. The first kappa shape index (κ1) is 14.8. The van der Waals surface area contributed by atoms with Crippen molar-refractivity contribution in [1.29, 1.82) is 0 Å². The first-order valence-corrected chi connectivity index (χ1v) is 6.53. The third-order valence-electron chi connectivity index (χ3n) is 2.47. The molecule has 1 rings (SSSR count). The molecule has 0 aliphatic heterocycles. The number of hydrogen-bond donors (Lipinski definition) is 3. The molecule has 0 bridgehead atoms. The predicted molar refractivity (Wildman–Crippen MR) is 77.0 cm³/mol. The van der Waals surface area contributed by atoms with Crippen LogP contribution in [0.5, 0.6) is 0 Å². The molecule has 1 heterocycles. The molecule has 1 aromatic rings. The highest BCUT2D eigenvalue weighted by Gasteiger charge is 2.16. The van der Waals surface area contributed by atoms with Crippen LogP contribution in [-0.2, 0) is 0 Å². The summed E-state index contributed by atoms with van der Waals surface area (Å²) >= 11 is 0. The normalized spacial score (nSPS) is 13.2. The zero-order valence-electron chi connectivity index (χ0n) is 11.8. The van der Waals surface area contributed by atoms with Crippen molar-refractivity contribution < 1.29 is 5.11 Å². The van der Waals surface area contributed by atoms with Gasteiger partial charge in [0.2, 0.25) is 0 Å². The number of rotatable bonds is 6. The summed E-state index contributed by atoms with van der Waals surface area (Å²) in [6, 6.07) is 5.79. The summed E-state index contributed by atoms with van der Waals surface area (Å²) in [6.07, 6.45) is 0.419. The molecule has 0 saturated heterocycles. The Morgan fingerprint density at radius 1 is 1.22 bits per heavy atom. The molecular formula is C14H25N3O. The van der Waals surface area contributed by atoms with E-state index in [9.17, 15) is 5.11 Å². The van der Waals surface area contributed by atoms with E-state index in [0.717, 1.165) is 24.6 Å². The Bertz CT molecular complexity index is 360. The van der Waals surface area contributed by atoms with Gasteiger partial charge in [-0.3, -0.25) is 0 Å². The molecule has 1 unspecified atom stereocenters. The van der Waals surface area contributed by atoms with Gasteiger partial charge in [0.05, 0.1) is 6.10 Å². The number of nitrogens with one attached hydrogen (secondary N) is 2. The van der Waals surface area contributed by atoms with E-state index in [1.807, 2.05) is 25.1 Å². The van der Waals surface area contributed by atoms with Crippen LogP contribution in [-0.4, -0.2) is 29.3 Å². The second-order valence-electron chi connectivity index (χ2n) is 5.74. The van der Waals surface area contributed by atoms with E-state index in [2.05, 4.69) is 36.4 Å². The lowest BCUT2D eigenvalue weighted by Gasteiger charge is -2.22. The molecule has 0 radical (unpaired) electrons. The van der Waals surface area contributed by atoms with Crippen LogP contribution in [0.15, 0.2) is 18.2 Å². The zero-order chi connectivity index (χ0) is 13.6. The predicted octanol–water partition coefficient (Wildman–Crippen LogP) is 2.72. The maximum Gasteiger partial charge on any atom is 0.128 e. The summed E-state index contributed by atoms with van der Waals surface area (Å²) in [4.78, 5) is 4.40. The molecule has 1 atom stereocenters. The van der Waals surface area contributed by atoms with E-state index in [-0.39, 0.29) is 11.5 Å². The summed E-state index contributed by atoms with van der Waals surface area (Å²) in [5, 5.41) is 16.2. The second kappa shape index (κ2) is 6.59. The third-order valence-corrected chi connectivity index (χ3v) is 2.47. The minimum absolute atomic E-state index is 0.139. The Morgan fingerprint density at radius 2 is 1.83 bits per heavy atom. The van der Waals surface area contributed by atoms with Crippen molar-refractivity contribution in [3.63, 3.8) is 0 Å². The van der Waals surface area contributed by atoms with Gasteiger partial charge in [-0.15, -0.1) is 0 Å². The summed E-state index contributed by atoms with van der Waals surface area (Å²) in [5.74, 6) is 1.65. The quantitative estimate of drug-likeness (QED) is 0.727. The van der Waals surface area contributed by atoms with Crippen LogP contribution in [0.3, 0.4) is 0 Å². The fourth-order valence-electron chi connectivity index (χ4n) is 1.81. The number of hydrogen-bond acceptors (Lipinski definition) is 4. The highest BCUT2D eigenvalue weighted by molar-refractivity contribution is 5.44. The highest BCUT2D eigenvalue weighted by Crippen LogP contribution is 2.20. The molecule has 0 aliphatic carbocycles. The van der Waals surface area contributed by atoms with Gasteiger partial charge in [0.15, 0.2) is 0 Å². The van der Waals surface area contributed by atoms with Crippen molar-refractivity contribution in [2.75, 3.05) is 23.7 Å². The summed E-state index contributed by atoms with van der Waals surface area (Å²) in [7, 11) is 0. The number of aromatic nitrogens is 1. The first-order valence-electron chi connectivity index (χ1n) is 6.53. The highest BCUT2D eigenvalue weighted by atomic mass is 16.3. The summed E-state index contributed by atoms with van der Waals surface area (Å²) in [5.41, 5.74) is 0.139. The van der Waals surface area contributed by atoms with Gasteiger partial charge in [-0.1, -0.05) is 26.8 Å². The maximum atomic E-state index is 9.91. The number of nitrogens with zero attached hydrogens (tertiary/aromatic N) is 1. The lowest BCUT2D eigenvalue weighted by atomic mass is 9.89. The molecule has 0 spiro atoms. The van der Waals surface area contributed by atoms with Crippen LogP contribution in [0.2, 0.25) is 0 Å². The molecule has 0 amide bonds. The van der Waals surface area contributed by atoms with Crippen molar-refractivity contribution in [2.45, 2.75) is 40.2 Å². The summed E-state index contributed by atoms with van der Waals surface area (Å²) in [6.45, 7) is 9.79.